The molecule has 0 saturated carbocycles. The van der Waals surface area contributed by atoms with E-state index in [1.807, 2.05) is 47.9 Å². The van der Waals surface area contributed by atoms with Crippen LogP contribution in [0.3, 0.4) is 0 Å². The van der Waals surface area contributed by atoms with E-state index in [4.69, 9.17) is 4.74 Å². The lowest BCUT2D eigenvalue weighted by molar-refractivity contribution is -0.115. The number of para-hydroxylation sites is 1. The molecule has 2 aromatic carbocycles. The van der Waals surface area contributed by atoms with Crippen LogP contribution in [0, 0.1) is 0 Å². The number of nitrogens with one attached hydrogen (secondary N) is 1. The van der Waals surface area contributed by atoms with Crippen molar-refractivity contribution in [3.63, 3.8) is 0 Å². The van der Waals surface area contributed by atoms with Crippen molar-refractivity contribution >= 4 is 23.4 Å². The quantitative estimate of drug-likeness (QED) is 0.367. The number of carbonyl (C=O) groups excluding carboxylic acids is 1. The third-order valence-electron chi connectivity index (χ3n) is 5.49. The van der Waals surface area contributed by atoms with Gasteiger partial charge in [0.05, 0.1) is 5.25 Å². The summed E-state index contributed by atoms with van der Waals surface area (Å²) in [6, 6.07) is 15.8. The van der Waals surface area contributed by atoms with Crippen molar-refractivity contribution in [3.05, 3.63) is 78.1 Å². The first-order chi connectivity index (χ1) is 15.6. The zero-order valence-corrected chi connectivity index (χ0v) is 19.1. The number of hydrogen-bond acceptors (Lipinski definition) is 5. The van der Waals surface area contributed by atoms with Gasteiger partial charge in [-0.25, -0.2) is 0 Å². The van der Waals surface area contributed by atoms with Gasteiger partial charge in [0.1, 0.15) is 12.4 Å². The van der Waals surface area contributed by atoms with Gasteiger partial charge in [-0.1, -0.05) is 42.1 Å². The number of hydrogen-bond donors (Lipinski definition) is 1. The topological polar surface area (TPSA) is 69.0 Å². The van der Waals surface area contributed by atoms with Crippen LogP contribution >= 0.6 is 11.8 Å². The first-order valence-corrected chi connectivity index (χ1v) is 11.8. The maximum atomic E-state index is 12.6. The summed E-state index contributed by atoms with van der Waals surface area (Å²) in [5.74, 6) is 1.48. The summed E-state index contributed by atoms with van der Waals surface area (Å²) in [4.78, 5) is 12.6. The number of rotatable bonds is 9. The van der Waals surface area contributed by atoms with Gasteiger partial charge in [0, 0.05) is 12.2 Å². The van der Waals surface area contributed by atoms with Crippen LogP contribution in [0.2, 0.25) is 0 Å². The smallest absolute Gasteiger partial charge is 0.237 e. The zero-order chi connectivity index (χ0) is 22.3. The maximum Gasteiger partial charge on any atom is 0.237 e. The summed E-state index contributed by atoms with van der Waals surface area (Å²) >= 11 is 1.37. The second-order valence-electron chi connectivity index (χ2n) is 7.84. The van der Waals surface area contributed by atoms with E-state index in [9.17, 15) is 4.79 Å². The predicted octanol–water partition coefficient (Wildman–Crippen LogP) is 5.04. The van der Waals surface area contributed by atoms with Gasteiger partial charge in [0.25, 0.3) is 0 Å². The third-order valence-corrected chi connectivity index (χ3v) is 6.57. The Bertz CT molecular complexity index is 1080. The summed E-state index contributed by atoms with van der Waals surface area (Å²) in [5, 5.41) is 11.9. The number of carbonyl (C=O) groups is 1. The van der Waals surface area contributed by atoms with Crippen molar-refractivity contribution in [3.8, 4) is 5.75 Å². The number of fused-ring (bicyclic) bond motifs is 1. The number of thioether (sulfide) groups is 1. The van der Waals surface area contributed by atoms with E-state index in [0.717, 1.165) is 24.3 Å². The highest BCUT2D eigenvalue weighted by Crippen LogP contribution is 2.27. The summed E-state index contributed by atoms with van der Waals surface area (Å²) in [6.07, 6.45) is 6.56. The van der Waals surface area contributed by atoms with Crippen LogP contribution in [-0.4, -0.2) is 25.9 Å². The number of benzene rings is 2. The minimum absolute atomic E-state index is 0.0822. The van der Waals surface area contributed by atoms with Crippen LogP contribution in [-0.2, 0) is 30.8 Å². The highest BCUT2D eigenvalue weighted by molar-refractivity contribution is 8.00. The van der Waals surface area contributed by atoms with Gasteiger partial charge in [-0.15, -0.1) is 16.8 Å². The molecule has 0 radical (unpaired) electrons. The Kier molecular flexibility index (Phi) is 7.27. The lowest BCUT2D eigenvalue weighted by atomic mass is 9.92. The van der Waals surface area contributed by atoms with Crippen LogP contribution in [0.25, 0.3) is 0 Å². The number of aromatic nitrogens is 3. The number of allylic oxidation sites excluding steroid dienone is 1. The molecule has 0 aliphatic heterocycles. The number of anilines is 1. The standard InChI is InChI=1S/C25H28N4O2S/c1-3-15-29-23(17-31-22-14-13-19-9-7-8-10-20(19)16-22)27-28-25(29)32-18(2)24(30)26-21-11-5-4-6-12-21/h3-6,11-14,16,18H,1,7-10,15,17H2,2H3,(H,26,30). The molecule has 7 heteroatoms. The van der Waals surface area contributed by atoms with E-state index in [2.05, 4.69) is 34.2 Å². The Balaban J connectivity index is 1.41. The molecule has 1 heterocycles. The largest absolute Gasteiger partial charge is 0.486 e. The van der Waals surface area contributed by atoms with Crippen molar-refractivity contribution in [2.45, 2.75) is 56.2 Å². The van der Waals surface area contributed by atoms with E-state index in [1.165, 1.54) is 35.7 Å². The summed E-state index contributed by atoms with van der Waals surface area (Å²) in [7, 11) is 0. The molecule has 1 atom stereocenters. The summed E-state index contributed by atoms with van der Waals surface area (Å²) < 4.78 is 7.99. The SMILES string of the molecule is C=CCn1c(COc2ccc3c(c2)CCCC3)nnc1SC(C)C(=O)Nc1ccccc1. The van der Waals surface area contributed by atoms with Gasteiger partial charge < -0.3 is 10.1 Å². The van der Waals surface area contributed by atoms with Gasteiger partial charge in [-0.3, -0.25) is 9.36 Å². The highest BCUT2D eigenvalue weighted by Gasteiger charge is 2.20. The molecule has 3 aromatic rings. The van der Waals surface area contributed by atoms with Crippen molar-refractivity contribution in [1.82, 2.24) is 14.8 Å². The van der Waals surface area contributed by atoms with Crippen LogP contribution in [0.15, 0.2) is 66.3 Å². The Labute approximate surface area is 193 Å². The highest BCUT2D eigenvalue weighted by atomic mass is 32.2. The average Bonchev–Trinajstić information content (AvgIpc) is 3.19. The summed E-state index contributed by atoms with van der Waals surface area (Å²) in [6.45, 7) is 6.57. The molecule has 6 nitrogen and oxygen atoms in total. The molecule has 4 rings (SSSR count). The molecule has 1 aliphatic rings. The summed E-state index contributed by atoms with van der Waals surface area (Å²) in [5.41, 5.74) is 3.59. The monoisotopic (exact) mass is 448 g/mol. The number of amides is 1. The van der Waals surface area contributed by atoms with E-state index < -0.39 is 0 Å². The second kappa shape index (κ2) is 10.5. The van der Waals surface area contributed by atoms with Gasteiger partial charge in [-0.05, 0) is 68.0 Å². The maximum absolute atomic E-state index is 12.6. The Morgan fingerprint density at radius 3 is 2.75 bits per heavy atom. The van der Waals surface area contributed by atoms with Crippen LogP contribution < -0.4 is 10.1 Å². The van der Waals surface area contributed by atoms with E-state index in [0.29, 0.717) is 24.1 Å². The molecule has 0 fully saturated rings. The zero-order valence-electron chi connectivity index (χ0n) is 18.3. The Morgan fingerprint density at radius 1 is 1.19 bits per heavy atom. The minimum atomic E-state index is -0.336. The fraction of sp³-hybridized carbons (Fsp3) is 0.320. The molecular weight excluding hydrogens is 420 g/mol. The fourth-order valence-electron chi connectivity index (χ4n) is 3.75. The minimum Gasteiger partial charge on any atom is -0.486 e. The lowest BCUT2D eigenvalue weighted by Gasteiger charge is -2.17. The first kappa shape index (κ1) is 22.1. The molecule has 1 N–H and O–H groups in total. The van der Waals surface area contributed by atoms with E-state index >= 15 is 0 Å². The molecule has 0 bridgehead atoms. The Morgan fingerprint density at radius 2 is 1.97 bits per heavy atom. The van der Waals surface area contributed by atoms with Crippen molar-refractivity contribution in [1.29, 1.82) is 0 Å². The number of nitrogens with zero attached hydrogens (tertiary/aromatic N) is 3. The molecule has 0 spiro atoms. The van der Waals surface area contributed by atoms with Crippen molar-refractivity contribution in [2.24, 2.45) is 0 Å². The van der Waals surface area contributed by atoms with Crippen molar-refractivity contribution in [2.75, 3.05) is 5.32 Å². The normalized spacial score (nSPS) is 13.8. The predicted molar refractivity (Wildman–Crippen MR) is 128 cm³/mol. The van der Waals surface area contributed by atoms with Crippen LogP contribution in [0.4, 0.5) is 5.69 Å². The van der Waals surface area contributed by atoms with E-state index in [1.54, 1.807) is 6.08 Å². The van der Waals surface area contributed by atoms with Crippen LogP contribution in [0.5, 0.6) is 5.75 Å². The van der Waals surface area contributed by atoms with Crippen molar-refractivity contribution < 1.29 is 9.53 Å². The molecule has 32 heavy (non-hydrogen) atoms. The van der Waals surface area contributed by atoms with Gasteiger partial charge in [-0.2, -0.15) is 0 Å². The number of aryl methyl sites for hydroxylation is 2. The van der Waals surface area contributed by atoms with Gasteiger partial charge >= 0.3 is 0 Å². The lowest BCUT2D eigenvalue weighted by Crippen LogP contribution is -2.23. The van der Waals surface area contributed by atoms with Gasteiger partial charge in [0.2, 0.25) is 5.91 Å². The average molecular weight is 449 g/mol. The molecule has 1 amide bonds. The molecule has 1 aliphatic carbocycles. The third kappa shape index (κ3) is 5.40. The molecule has 166 valence electrons. The fourth-order valence-corrected chi connectivity index (χ4v) is 4.63. The molecular formula is C25H28N4O2S. The van der Waals surface area contributed by atoms with Crippen LogP contribution in [0.1, 0.15) is 36.7 Å². The molecule has 1 unspecified atom stereocenters. The first-order valence-electron chi connectivity index (χ1n) is 10.9. The molecule has 1 aromatic heterocycles. The van der Waals surface area contributed by atoms with Gasteiger partial charge in [0.15, 0.2) is 11.0 Å². The molecule has 0 saturated heterocycles. The van der Waals surface area contributed by atoms with E-state index in [-0.39, 0.29) is 11.2 Å². The second-order valence-corrected chi connectivity index (χ2v) is 9.15. The Hall–Kier alpha value is -3.06. The number of ether oxygens (including phenoxy) is 1.